The molecule has 0 heterocycles. The highest BCUT2D eigenvalue weighted by Gasteiger charge is 2.04. The summed E-state index contributed by atoms with van der Waals surface area (Å²) in [7, 11) is 0. The van der Waals surface area contributed by atoms with Crippen LogP contribution in [0.4, 0.5) is 0 Å². The van der Waals surface area contributed by atoms with E-state index in [9.17, 15) is 4.79 Å². The summed E-state index contributed by atoms with van der Waals surface area (Å²) in [6.45, 7) is 7.37. The van der Waals surface area contributed by atoms with Crippen LogP contribution in [0.5, 0.6) is 5.75 Å². The molecule has 3 aromatic rings. The maximum absolute atomic E-state index is 11.5. The first-order valence-electron chi connectivity index (χ1n) is 10.1. The van der Waals surface area contributed by atoms with Crippen molar-refractivity contribution in [1.82, 2.24) is 0 Å². The van der Waals surface area contributed by atoms with Gasteiger partial charge in [-0.2, -0.15) is 0 Å². The summed E-state index contributed by atoms with van der Waals surface area (Å²) in [5.41, 5.74) is 6.25. The first kappa shape index (κ1) is 21.1. The molecular formula is C28H26O2. The second kappa shape index (κ2) is 10.2. The summed E-state index contributed by atoms with van der Waals surface area (Å²) in [6.07, 6.45) is 9.41. The Kier molecular flexibility index (Phi) is 7.18. The largest absolute Gasteiger partial charge is 0.423 e. The first-order valence-corrected chi connectivity index (χ1v) is 10.1. The Bertz CT molecular complexity index is 1050. The molecule has 0 unspecified atom stereocenters. The van der Waals surface area contributed by atoms with Crippen LogP contribution >= 0.6 is 0 Å². The van der Waals surface area contributed by atoms with Gasteiger partial charge < -0.3 is 4.74 Å². The molecule has 0 fully saturated rings. The highest BCUT2D eigenvalue weighted by atomic mass is 16.5. The predicted molar refractivity (Wildman–Crippen MR) is 127 cm³/mol. The first-order chi connectivity index (χ1) is 14.5. The van der Waals surface area contributed by atoms with E-state index in [0.29, 0.717) is 11.3 Å². The summed E-state index contributed by atoms with van der Waals surface area (Å²) in [6, 6.07) is 24.4. The van der Waals surface area contributed by atoms with E-state index in [4.69, 9.17) is 4.74 Å². The zero-order chi connectivity index (χ0) is 21.3. The van der Waals surface area contributed by atoms with Crippen LogP contribution in [-0.4, -0.2) is 5.97 Å². The maximum Gasteiger partial charge on any atom is 0.338 e. The highest BCUT2D eigenvalue weighted by molar-refractivity contribution is 5.88. The van der Waals surface area contributed by atoms with E-state index in [1.807, 2.05) is 18.2 Å². The maximum atomic E-state index is 11.5. The van der Waals surface area contributed by atoms with Crippen LogP contribution in [0.25, 0.3) is 24.3 Å². The van der Waals surface area contributed by atoms with Gasteiger partial charge in [-0.05, 0) is 53.3 Å². The molecule has 3 rings (SSSR count). The Hall–Kier alpha value is -3.65. The van der Waals surface area contributed by atoms with Crippen LogP contribution in [0.3, 0.4) is 0 Å². The van der Waals surface area contributed by atoms with Gasteiger partial charge in [0.1, 0.15) is 5.75 Å². The van der Waals surface area contributed by atoms with Gasteiger partial charge in [-0.3, -0.25) is 0 Å². The van der Waals surface area contributed by atoms with E-state index in [1.54, 1.807) is 19.1 Å². The summed E-state index contributed by atoms with van der Waals surface area (Å²) in [5, 5.41) is 0. The molecule has 0 spiro atoms. The second-order valence-electron chi connectivity index (χ2n) is 7.17. The summed E-state index contributed by atoms with van der Waals surface area (Å²) >= 11 is 0. The van der Waals surface area contributed by atoms with Crippen molar-refractivity contribution in [2.75, 3.05) is 0 Å². The number of rotatable bonds is 7. The molecule has 0 saturated carbocycles. The fraction of sp³-hybridized carbons (Fsp3) is 0.107. The van der Waals surface area contributed by atoms with Gasteiger partial charge in [0.05, 0.1) is 0 Å². The number of carbonyl (C=O) groups is 1. The van der Waals surface area contributed by atoms with Crippen LogP contribution in [0.15, 0.2) is 84.9 Å². The second-order valence-corrected chi connectivity index (χ2v) is 7.17. The molecule has 2 heteroatoms. The Balaban J connectivity index is 1.59. The van der Waals surface area contributed by atoms with Crippen LogP contribution in [0, 0.1) is 0 Å². The van der Waals surface area contributed by atoms with Crippen molar-refractivity contribution in [1.29, 1.82) is 0 Å². The lowest BCUT2D eigenvalue weighted by Crippen LogP contribution is -2.07. The SMILES string of the molecule is C=C(C)C(=O)Oc1ccc(C=Cc2ccc(C=Cc3ccc(CC)cc3)cc2)cc1. The number of ether oxygens (including phenoxy) is 1. The molecule has 0 aromatic heterocycles. The smallest absolute Gasteiger partial charge is 0.338 e. The normalized spacial score (nSPS) is 11.1. The van der Waals surface area contributed by atoms with Gasteiger partial charge in [0.2, 0.25) is 0 Å². The van der Waals surface area contributed by atoms with E-state index in [0.717, 1.165) is 23.1 Å². The van der Waals surface area contributed by atoms with Crippen LogP contribution in [0.1, 0.15) is 41.7 Å². The third-order valence-corrected chi connectivity index (χ3v) is 4.70. The van der Waals surface area contributed by atoms with Gasteiger partial charge in [-0.25, -0.2) is 4.79 Å². The Morgan fingerprint density at radius 3 is 1.47 bits per heavy atom. The Morgan fingerprint density at radius 1 is 0.733 bits per heavy atom. The number of benzene rings is 3. The van der Waals surface area contributed by atoms with Gasteiger partial charge in [0, 0.05) is 5.57 Å². The van der Waals surface area contributed by atoms with E-state index < -0.39 is 5.97 Å². The molecule has 0 aliphatic heterocycles. The molecule has 0 aliphatic rings. The van der Waals surface area contributed by atoms with Crippen molar-refractivity contribution >= 4 is 30.3 Å². The molecule has 3 aromatic carbocycles. The van der Waals surface area contributed by atoms with Crippen molar-refractivity contribution in [3.63, 3.8) is 0 Å². The highest BCUT2D eigenvalue weighted by Crippen LogP contribution is 2.17. The quantitative estimate of drug-likeness (QED) is 0.185. The fourth-order valence-corrected chi connectivity index (χ4v) is 2.81. The Labute approximate surface area is 178 Å². The minimum Gasteiger partial charge on any atom is -0.423 e. The van der Waals surface area contributed by atoms with Gasteiger partial charge >= 0.3 is 5.97 Å². The lowest BCUT2D eigenvalue weighted by atomic mass is 10.1. The van der Waals surface area contributed by atoms with Gasteiger partial charge in [0.15, 0.2) is 0 Å². The van der Waals surface area contributed by atoms with Crippen molar-refractivity contribution in [2.45, 2.75) is 20.3 Å². The molecule has 0 saturated heterocycles. The molecular weight excluding hydrogens is 368 g/mol. The molecule has 0 N–H and O–H groups in total. The van der Waals surface area contributed by atoms with Gasteiger partial charge in [0.25, 0.3) is 0 Å². The van der Waals surface area contributed by atoms with Gasteiger partial charge in [-0.1, -0.05) is 98.5 Å². The lowest BCUT2D eigenvalue weighted by Gasteiger charge is -2.03. The zero-order valence-electron chi connectivity index (χ0n) is 17.5. The molecule has 0 bridgehead atoms. The number of aryl methyl sites for hydroxylation is 1. The minimum absolute atomic E-state index is 0.381. The Morgan fingerprint density at radius 2 is 1.10 bits per heavy atom. The monoisotopic (exact) mass is 394 g/mol. The molecule has 0 amide bonds. The van der Waals surface area contributed by atoms with E-state index >= 15 is 0 Å². The number of esters is 1. The molecule has 0 radical (unpaired) electrons. The van der Waals surface area contributed by atoms with Gasteiger partial charge in [-0.15, -0.1) is 0 Å². The summed E-state index contributed by atoms with van der Waals surface area (Å²) in [5.74, 6) is 0.103. The molecule has 30 heavy (non-hydrogen) atoms. The minimum atomic E-state index is -0.412. The van der Waals surface area contributed by atoms with E-state index in [2.05, 4.69) is 80.3 Å². The van der Waals surface area contributed by atoms with Crippen molar-refractivity contribution < 1.29 is 9.53 Å². The third-order valence-electron chi connectivity index (χ3n) is 4.70. The van der Waals surface area contributed by atoms with Crippen molar-refractivity contribution in [3.05, 3.63) is 113 Å². The molecule has 0 atom stereocenters. The summed E-state index contributed by atoms with van der Waals surface area (Å²) < 4.78 is 5.20. The molecule has 2 nitrogen and oxygen atoms in total. The van der Waals surface area contributed by atoms with E-state index in [-0.39, 0.29) is 0 Å². The zero-order valence-corrected chi connectivity index (χ0v) is 17.5. The standard InChI is InChI=1S/C28H26O2/c1-4-22-5-7-23(8-6-22)9-10-24-11-13-25(14-12-24)15-16-26-17-19-27(20-18-26)30-28(29)21(2)3/h5-20H,2,4H2,1,3H3. The number of carbonyl (C=O) groups excluding carboxylic acids is 1. The number of hydrogen-bond acceptors (Lipinski definition) is 2. The fourth-order valence-electron chi connectivity index (χ4n) is 2.81. The van der Waals surface area contributed by atoms with Crippen molar-refractivity contribution in [3.8, 4) is 5.75 Å². The van der Waals surface area contributed by atoms with Crippen LogP contribution in [-0.2, 0) is 11.2 Å². The summed E-state index contributed by atoms with van der Waals surface area (Å²) in [4.78, 5) is 11.5. The van der Waals surface area contributed by atoms with Crippen LogP contribution in [0.2, 0.25) is 0 Å². The molecule has 0 aliphatic carbocycles. The van der Waals surface area contributed by atoms with Crippen molar-refractivity contribution in [2.24, 2.45) is 0 Å². The third kappa shape index (κ3) is 6.18. The predicted octanol–water partition coefficient (Wildman–Crippen LogP) is 7.07. The van der Waals surface area contributed by atoms with Crippen LogP contribution < -0.4 is 4.74 Å². The number of hydrogen-bond donors (Lipinski definition) is 0. The van der Waals surface area contributed by atoms with E-state index in [1.165, 1.54) is 11.1 Å². The average molecular weight is 395 g/mol. The topological polar surface area (TPSA) is 26.3 Å². The molecule has 150 valence electrons. The lowest BCUT2D eigenvalue weighted by molar-refractivity contribution is -0.130. The average Bonchev–Trinajstić information content (AvgIpc) is 2.78.